The van der Waals surface area contributed by atoms with Gasteiger partial charge in [0.1, 0.15) is 18.1 Å². The third-order valence-electron chi connectivity index (χ3n) is 4.86. The Morgan fingerprint density at radius 2 is 2.03 bits per heavy atom. The Kier molecular flexibility index (Phi) is 8.67. The molecule has 0 spiro atoms. The molecule has 2 N–H and O–H groups in total. The molecule has 31 heavy (non-hydrogen) atoms. The molecule has 0 saturated carbocycles. The lowest BCUT2D eigenvalue weighted by Crippen LogP contribution is -2.34. The number of nitrogens with one attached hydrogen (secondary N) is 2. The predicted molar refractivity (Wildman–Crippen MR) is 126 cm³/mol. The van der Waals surface area contributed by atoms with Crippen LogP contribution in [0.25, 0.3) is 0 Å². The predicted octanol–water partition coefficient (Wildman–Crippen LogP) is 4.80. The second kappa shape index (κ2) is 11.7. The highest BCUT2D eigenvalue weighted by molar-refractivity contribution is 7.80. The average Bonchev–Trinajstić information content (AvgIpc) is 3.26. The van der Waals surface area contributed by atoms with E-state index in [9.17, 15) is 4.79 Å². The van der Waals surface area contributed by atoms with Crippen LogP contribution in [0.15, 0.2) is 48.5 Å². The molecule has 1 heterocycles. The van der Waals surface area contributed by atoms with Crippen molar-refractivity contribution >= 4 is 28.9 Å². The molecular weight excluding hydrogens is 412 g/mol. The number of para-hydroxylation sites is 1. The van der Waals surface area contributed by atoms with Gasteiger partial charge in [0.05, 0.1) is 18.3 Å². The van der Waals surface area contributed by atoms with E-state index in [-0.39, 0.29) is 17.1 Å². The number of hydrogen-bond acceptors (Lipinski definition) is 5. The van der Waals surface area contributed by atoms with Crippen molar-refractivity contribution in [1.82, 2.24) is 5.32 Å². The third-order valence-corrected chi connectivity index (χ3v) is 5.07. The van der Waals surface area contributed by atoms with Crippen LogP contribution in [-0.2, 0) is 4.74 Å². The summed E-state index contributed by atoms with van der Waals surface area (Å²) in [5.74, 6) is 1.48. The lowest BCUT2D eigenvalue weighted by Gasteiger charge is -2.15. The van der Waals surface area contributed by atoms with Gasteiger partial charge in [0, 0.05) is 18.4 Å². The van der Waals surface area contributed by atoms with Crippen LogP contribution in [-0.4, -0.2) is 36.9 Å². The van der Waals surface area contributed by atoms with Gasteiger partial charge in [0.15, 0.2) is 5.11 Å². The van der Waals surface area contributed by atoms with Gasteiger partial charge in [-0.05, 0) is 61.7 Å². The Balaban J connectivity index is 1.53. The van der Waals surface area contributed by atoms with E-state index in [4.69, 9.17) is 26.4 Å². The molecule has 0 aliphatic carbocycles. The van der Waals surface area contributed by atoms with Crippen LogP contribution in [0.1, 0.15) is 43.5 Å². The fourth-order valence-electron chi connectivity index (χ4n) is 3.15. The Morgan fingerprint density at radius 3 is 2.81 bits per heavy atom. The summed E-state index contributed by atoms with van der Waals surface area (Å²) in [5.41, 5.74) is 1.18. The standard InChI is InChI=1S/C24H30N2O4S/c1-17(2)12-14-29-22-11-4-3-10-21(22)23(27)26-24(31)25-18-7-5-8-19(15-18)30-16-20-9-6-13-28-20/h3-5,7-8,10-11,15,17,20H,6,9,12-14,16H2,1-2H3,(H2,25,26,27,31). The maximum Gasteiger partial charge on any atom is 0.261 e. The van der Waals surface area contributed by atoms with Gasteiger partial charge in [-0.3, -0.25) is 10.1 Å². The first-order valence-electron chi connectivity index (χ1n) is 10.7. The molecule has 0 aromatic heterocycles. The van der Waals surface area contributed by atoms with E-state index in [2.05, 4.69) is 24.5 Å². The third kappa shape index (κ3) is 7.52. The van der Waals surface area contributed by atoms with Crippen LogP contribution in [0.3, 0.4) is 0 Å². The second-order valence-corrected chi connectivity index (χ2v) is 8.32. The molecule has 7 heteroatoms. The molecule has 1 amide bonds. The monoisotopic (exact) mass is 442 g/mol. The van der Waals surface area contributed by atoms with Gasteiger partial charge < -0.3 is 19.5 Å². The first kappa shape index (κ1) is 23.0. The van der Waals surface area contributed by atoms with Crippen LogP contribution in [0, 0.1) is 5.92 Å². The van der Waals surface area contributed by atoms with E-state index in [1.165, 1.54) is 0 Å². The molecule has 6 nitrogen and oxygen atoms in total. The molecular formula is C24H30N2O4S. The number of carbonyl (C=O) groups excluding carboxylic acids is 1. The Bertz CT molecular complexity index is 881. The summed E-state index contributed by atoms with van der Waals surface area (Å²) in [6, 6.07) is 14.6. The minimum Gasteiger partial charge on any atom is -0.493 e. The van der Waals surface area contributed by atoms with Crippen molar-refractivity contribution < 1.29 is 19.0 Å². The molecule has 1 atom stereocenters. The van der Waals surface area contributed by atoms with Crippen molar-refractivity contribution in [2.75, 3.05) is 25.1 Å². The van der Waals surface area contributed by atoms with Crippen molar-refractivity contribution in [3.8, 4) is 11.5 Å². The molecule has 2 aromatic rings. The first-order chi connectivity index (χ1) is 15.0. The number of benzene rings is 2. The number of thiocarbonyl (C=S) groups is 1. The smallest absolute Gasteiger partial charge is 0.261 e. The summed E-state index contributed by atoms with van der Waals surface area (Å²) in [7, 11) is 0. The molecule has 1 aliphatic heterocycles. The van der Waals surface area contributed by atoms with E-state index in [1.807, 2.05) is 30.3 Å². The molecule has 166 valence electrons. The summed E-state index contributed by atoms with van der Waals surface area (Å²) in [4.78, 5) is 12.7. The van der Waals surface area contributed by atoms with Gasteiger partial charge in [-0.15, -0.1) is 0 Å². The Hall–Kier alpha value is -2.64. The molecule has 1 saturated heterocycles. The summed E-state index contributed by atoms with van der Waals surface area (Å²) < 4.78 is 17.2. The molecule has 2 aromatic carbocycles. The van der Waals surface area contributed by atoms with Gasteiger partial charge in [-0.2, -0.15) is 0 Å². The minimum absolute atomic E-state index is 0.153. The van der Waals surface area contributed by atoms with Crippen LogP contribution in [0.5, 0.6) is 11.5 Å². The number of anilines is 1. The van der Waals surface area contributed by atoms with E-state index in [1.54, 1.807) is 18.2 Å². The highest BCUT2D eigenvalue weighted by Crippen LogP contribution is 2.21. The van der Waals surface area contributed by atoms with Crippen LogP contribution in [0.2, 0.25) is 0 Å². The number of hydrogen-bond donors (Lipinski definition) is 2. The van der Waals surface area contributed by atoms with Gasteiger partial charge in [-0.1, -0.05) is 32.0 Å². The Morgan fingerprint density at radius 1 is 1.19 bits per heavy atom. The van der Waals surface area contributed by atoms with Gasteiger partial charge in [0.25, 0.3) is 5.91 Å². The zero-order chi connectivity index (χ0) is 22.1. The topological polar surface area (TPSA) is 68.8 Å². The number of amides is 1. The quantitative estimate of drug-likeness (QED) is 0.544. The van der Waals surface area contributed by atoms with Gasteiger partial charge in [0.2, 0.25) is 0 Å². The number of ether oxygens (including phenoxy) is 3. The van der Waals surface area contributed by atoms with Crippen molar-refractivity contribution in [3.63, 3.8) is 0 Å². The summed E-state index contributed by atoms with van der Waals surface area (Å²) in [6.45, 7) is 6.15. The summed E-state index contributed by atoms with van der Waals surface area (Å²) in [5, 5.41) is 5.96. The van der Waals surface area contributed by atoms with Crippen molar-refractivity contribution in [2.24, 2.45) is 5.92 Å². The number of carbonyl (C=O) groups is 1. The maximum atomic E-state index is 12.7. The van der Waals surface area contributed by atoms with E-state index in [0.29, 0.717) is 30.4 Å². The van der Waals surface area contributed by atoms with E-state index < -0.39 is 0 Å². The minimum atomic E-state index is -0.316. The average molecular weight is 443 g/mol. The second-order valence-electron chi connectivity index (χ2n) is 7.91. The normalized spacial score (nSPS) is 15.5. The zero-order valence-electron chi connectivity index (χ0n) is 18.1. The maximum absolute atomic E-state index is 12.7. The lowest BCUT2D eigenvalue weighted by atomic mass is 10.1. The van der Waals surface area contributed by atoms with Crippen molar-refractivity contribution in [1.29, 1.82) is 0 Å². The SMILES string of the molecule is CC(C)CCOc1ccccc1C(=O)NC(=S)Nc1cccc(OCC2CCCO2)c1. The molecule has 1 unspecified atom stereocenters. The van der Waals surface area contributed by atoms with Gasteiger partial charge in [-0.25, -0.2) is 0 Å². The first-order valence-corrected chi connectivity index (χ1v) is 11.1. The van der Waals surface area contributed by atoms with Gasteiger partial charge >= 0.3 is 0 Å². The van der Waals surface area contributed by atoms with E-state index >= 15 is 0 Å². The molecule has 1 fully saturated rings. The molecule has 0 bridgehead atoms. The fourth-order valence-corrected chi connectivity index (χ4v) is 3.36. The van der Waals surface area contributed by atoms with Crippen molar-refractivity contribution in [2.45, 2.75) is 39.2 Å². The number of rotatable bonds is 9. The molecule has 0 radical (unpaired) electrons. The van der Waals surface area contributed by atoms with Crippen LogP contribution < -0.4 is 20.1 Å². The van der Waals surface area contributed by atoms with Crippen molar-refractivity contribution in [3.05, 3.63) is 54.1 Å². The van der Waals surface area contributed by atoms with Crippen LogP contribution >= 0.6 is 12.2 Å². The molecule has 3 rings (SSSR count). The summed E-state index contributed by atoms with van der Waals surface area (Å²) >= 11 is 5.33. The fraction of sp³-hybridized carbons (Fsp3) is 0.417. The van der Waals surface area contributed by atoms with Crippen LogP contribution in [0.4, 0.5) is 5.69 Å². The lowest BCUT2D eigenvalue weighted by molar-refractivity contribution is 0.0680. The Labute approximate surface area is 189 Å². The zero-order valence-corrected chi connectivity index (χ0v) is 18.9. The summed E-state index contributed by atoms with van der Waals surface area (Å²) in [6.07, 6.45) is 3.17. The highest BCUT2D eigenvalue weighted by Gasteiger charge is 2.16. The largest absolute Gasteiger partial charge is 0.493 e. The highest BCUT2D eigenvalue weighted by atomic mass is 32.1. The van der Waals surface area contributed by atoms with E-state index in [0.717, 1.165) is 37.3 Å². The molecule has 1 aliphatic rings.